The monoisotopic (exact) mass is 181 g/mol. The molecule has 0 saturated heterocycles. The highest BCUT2D eigenvalue weighted by molar-refractivity contribution is 5.07. The van der Waals surface area contributed by atoms with Crippen LogP contribution in [0.2, 0.25) is 0 Å². The first kappa shape index (κ1) is 10.5. The summed E-state index contributed by atoms with van der Waals surface area (Å²) in [5.41, 5.74) is 5.40. The molecular formula is C10H19N3. The van der Waals surface area contributed by atoms with Crippen LogP contribution >= 0.6 is 0 Å². The summed E-state index contributed by atoms with van der Waals surface area (Å²) in [6, 6.07) is 2.24. The quantitative estimate of drug-likeness (QED) is 0.690. The summed E-state index contributed by atoms with van der Waals surface area (Å²) in [5.74, 6) is 0.605. The molecule has 0 aromatic rings. The van der Waals surface area contributed by atoms with Crippen LogP contribution in [0.1, 0.15) is 25.7 Å². The van der Waals surface area contributed by atoms with E-state index in [1.807, 2.05) is 0 Å². The molecule has 2 N–H and O–H groups in total. The van der Waals surface area contributed by atoms with Gasteiger partial charge in [-0.15, -0.1) is 0 Å². The highest BCUT2D eigenvalue weighted by Gasteiger charge is 2.32. The van der Waals surface area contributed by atoms with Gasteiger partial charge in [-0.3, -0.25) is 0 Å². The number of nitrogens with two attached hydrogens (primary N) is 1. The Morgan fingerprint density at radius 2 is 2.31 bits per heavy atom. The van der Waals surface area contributed by atoms with Crippen LogP contribution in [0, 0.1) is 17.2 Å². The second-order valence-electron chi connectivity index (χ2n) is 4.49. The minimum atomic E-state index is -0.543. The normalized spacial score (nSPS) is 34.5. The van der Waals surface area contributed by atoms with E-state index in [-0.39, 0.29) is 0 Å². The van der Waals surface area contributed by atoms with Crippen LogP contribution in [-0.4, -0.2) is 31.1 Å². The van der Waals surface area contributed by atoms with Gasteiger partial charge in [0, 0.05) is 6.54 Å². The molecule has 0 aromatic carbocycles. The molecule has 74 valence electrons. The van der Waals surface area contributed by atoms with Gasteiger partial charge in [0.25, 0.3) is 0 Å². The zero-order chi connectivity index (χ0) is 9.90. The molecule has 0 spiro atoms. The van der Waals surface area contributed by atoms with Gasteiger partial charge in [0.15, 0.2) is 0 Å². The fourth-order valence-electron chi connectivity index (χ4n) is 2.20. The van der Waals surface area contributed by atoms with Crippen LogP contribution in [0.25, 0.3) is 0 Å². The Bertz CT molecular complexity index is 207. The van der Waals surface area contributed by atoms with E-state index in [9.17, 15) is 0 Å². The lowest BCUT2D eigenvalue weighted by molar-refractivity contribution is 0.219. The van der Waals surface area contributed by atoms with Gasteiger partial charge in [0.2, 0.25) is 0 Å². The molecule has 0 aromatic heterocycles. The number of nitriles is 1. The summed E-state index contributed by atoms with van der Waals surface area (Å²) in [4.78, 5) is 2.17. The summed E-state index contributed by atoms with van der Waals surface area (Å²) in [6.07, 6.45) is 4.05. The zero-order valence-electron chi connectivity index (χ0n) is 8.58. The first-order chi connectivity index (χ1) is 6.06. The predicted octanol–water partition coefficient (Wildman–Crippen LogP) is 0.959. The third-order valence-corrected chi connectivity index (χ3v) is 2.73. The van der Waals surface area contributed by atoms with Crippen molar-refractivity contribution < 1.29 is 0 Å². The molecule has 1 fully saturated rings. The second-order valence-corrected chi connectivity index (χ2v) is 4.49. The van der Waals surface area contributed by atoms with Crippen molar-refractivity contribution in [2.75, 3.05) is 20.6 Å². The van der Waals surface area contributed by atoms with Gasteiger partial charge in [0.1, 0.15) is 5.54 Å². The third kappa shape index (κ3) is 2.98. The number of nitrogens with zero attached hydrogens (tertiary/aromatic N) is 2. The Morgan fingerprint density at radius 1 is 1.62 bits per heavy atom. The van der Waals surface area contributed by atoms with Crippen LogP contribution < -0.4 is 5.73 Å². The van der Waals surface area contributed by atoms with Gasteiger partial charge in [-0.2, -0.15) is 5.26 Å². The molecule has 1 aliphatic carbocycles. The fraction of sp³-hybridized carbons (Fsp3) is 0.900. The summed E-state index contributed by atoms with van der Waals surface area (Å²) < 4.78 is 0. The van der Waals surface area contributed by atoms with Gasteiger partial charge in [-0.05, 0) is 39.3 Å². The van der Waals surface area contributed by atoms with E-state index >= 15 is 0 Å². The highest BCUT2D eigenvalue weighted by Crippen LogP contribution is 2.30. The van der Waals surface area contributed by atoms with Crippen molar-refractivity contribution >= 4 is 0 Å². The van der Waals surface area contributed by atoms with E-state index in [1.165, 1.54) is 6.42 Å². The smallest absolute Gasteiger partial charge is 0.104 e. The lowest BCUT2D eigenvalue weighted by Crippen LogP contribution is -2.44. The van der Waals surface area contributed by atoms with Gasteiger partial charge < -0.3 is 10.6 Å². The first-order valence-corrected chi connectivity index (χ1v) is 4.90. The Morgan fingerprint density at radius 3 is 2.85 bits per heavy atom. The molecule has 3 heteroatoms. The number of hydrogen-bond donors (Lipinski definition) is 1. The standard InChI is InChI=1S/C10H19N3/c1-13(2)7-9-4-3-5-10(12,6-9)8-11/h9H,3-7,12H2,1-2H3. The maximum atomic E-state index is 8.91. The van der Waals surface area contributed by atoms with Crippen LogP contribution in [0.4, 0.5) is 0 Å². The summed E-state index contributed by atoms with van der Waals surface area (Å²) in [7, 11) is 4.14. The third-order valence-electron chi connectivity index (χ3n) is 2.73. The Balaban J connectivity index is 2.48. The molecule has 3 nitrogen and oxygen atoms in total. The molecule has 1 saturated carbocycles. The SMILES string of the molecule is CN(C)CC1CCCC(N)(C#N)C1. The van der Waals surface area contributed by atoms with Crippen molar-refractivity contribution in [3.8, 4) is 6.07 Å². The summed E-state index contributed by atoms with van der Waals surface area (Å²) in [6.45, 7) is 1.06. The Labute approximate surface area is 80.5 Å². The fourth-order valence-corrected chi connectivity index (χ4v) is 2.20. The molecule has 2 unspecified atom stereocenters. The van der Waals surface area contributed by atoms with Crippen molar-refractivity contribution in [2.24, 2.45) is 11.7 Å². The average molecular weight is 181 g/mol. The highest BCUT2D eigenvalue weighted by atomic mass is 15.1. The van der Waals surface area contributed by atoms with E-state index in [4.69, 9.17) is 11.0 Å². The van der Waals surface area contributed by atoms with E-state index in [0.29, 0.717) is 5.92 Å². The minimum absolute atomic E-state index is 0.543. The van der Waals surface area contributed by atoms with Gasteiger partial charge in [-0.25, -0.2) is 0 Å². The van der Waals surface area contributed by atoms with Crippen molar-refractivity contribution in [1.29, 1.82) is 5.26 Å². The molecule has 13 heavy (non-hydrogen) atoms. The Hall–Kier alpha value is -0.590. The zero-order valence-corrected chi connectivity index (χ0v) is 8.58. The molecular weight excluding hydrogens is 162 g/mol. The maximum absolute atomic E-state index is 8.91. The molecule has 0 radical (unpaired) electrons. The molecule has 1 rings (SSSR count). The van der Waals surface area contributed by atoms with Gasteiger partial charge >= 0.3 is 0 Å². The molecule has 0 aliphatic heterocycles. The van der Waals surface area contributed by atoms with Crippen molar-refractivity contribution in [3.63, 3.8) is 0 Å². The predicted molar refractivity (Wildman–Crippen MR) is 53.0 cm³/mol. The van der Waals surface area contributed by atoms with Gasteiger partial charge in [0.05, 0.1) is 6.07 Å². The number of hydrogen-bond acceptors (Lipinski definition) is 3. The van der Waals surface area contributed by atoms with E-state index < -0.39 is 5.54 Å². The topological polar surface area (TPSA) is 53.0 Å². The minimum Gasteiger partial charge on any atom is -0.313 e. The molecule has 0 amide bonds. The second kappa shape index (κ2) is 4.08. The van der Waals surface area contributed by atoms with Crippen molar-refractivity contribution in [3.05, 3.63) is 0 Å². The first-order valence-electron chi connectivity index (χ1n) is 4.90. The van der Waals surface area contributed by atoms with E-state index in [0.717, 1.165) is 25.8 Å². The van der Waals surface area contributed by atoms with E-state index in [2.05, 4.69) is 25.1 Å². The Kier molecular flexibility index (Phi) is 3.29. The van der Waals surface area contributed by atoms with Crippen LogP contribution in [-0.2, 0) is 0 Å². The molecule has 2 atom stereocenters. The summed E-state index contributed by atoms with van der Waals surface area (Å²) >= 11 is 0. The lowest BCUT2D eigenvalue weighted by Gasteiger charge is -2.33. The van der Waals surface area contributed by atoms with E-state index in [1.54, 1.807) is 0 Å². The van der Waals surface area contributed by atoms with Crippen molar-refractivity contribution in [2.45, 2.75) is 31.2 Å². The molecule has 0 bridgehead atoms. The van der Waals surface area contributed by atoms with Crippen LogP contribution in [0.15, 0.2) is 0 Å². The maximum Gasteiger partial charge on any atom is 0.104 e. The van der Waals surface area contributed by atoms with Crippen molar-refractivity contribution in [1.82, 2.24) is 4.90 Å². The molecule has 1 aliphatic rings. The largest absolute Gasteiger partial charge is 0.313 e. The summed E-state index contributed by atoms with van der Waals surface area (Å²) in [5, 5.41) is 8.91. The average Bonchev–Trinajstić information content (AvgIpc) is 2.03. The van der Waals surface area contributed by atoms with Gasteiger partial charge in [-0.1, -0.05) is 6.42 Å². The van der Waals surface area contributed by atoms with Crippen LogP contribution in [0.5, 0.6) is 0 Å². The lowest BCUT2D eigenvalue weighted by atomic mass is 9.77. The number of rotatable bonds is 2. The van der Waals surface area contributed by atoms with Crippen LogP contribution in [0.3, 0.4) is 0 Å². The molecule has 0 heterocycles.